The van der Waals surface area contributed by atoms with Gasteiger partial charge in [-0.15, -0.1) is 0 Å². The molecule has 2 unspecified atom stereocenters. The molecule has 2 heterocycles. The van der Waals surface area contributed by atoms with Gasteiger partial charge < -0.3 is 54.0 Å². The number of methoxy groups -OCH3 is 1. The van der Waals surface area contributed by atoms with Gasteiger partial charge in [0.25, 0.3) is 0 Å². The summed E-state index contributed by atoms with van der Waals surface area (Å²) >= 11 is 0. The van der Waals surface area contributed by atoms with Crippen molar-refractivity contribution in [1.29, 1.82) is 0 Å². The SMILES string of the molecule is CC[C@H]1OC(=O)[C@H](C)[C@@H](OC(=O)CNC(=O)OCc2ccccc2)[C@H](C)[C@@H](OC2O[C@H](C)C[C@H](N(C)C)C2O)[C@@](C)(OC)C[C@@H](C)C(=O)[C@H](C)[C@@H](O)[C@]1(C)O. The third-order valence-electron chi connectivity index (χ3n) is 11.3. The van der Waals surface area contributed by atoms with Gasteiger partial charge in [0.2, 0.25) is 0 Å². The quantitative estimate of drug-likeness (QED) is 0.200. The summed E-state index contributed by atoms with van der Waals surface area (Å²) in [6.07, 6.45) is -8.15. The highest BCUT2D eigenvalue weighted by atomic mass is 16.7. The predicted octanol–water partition coefficient (Wildman–Crippen LogP) is 2.99. The molecule has 312 valence electrons. The third kappa shape index (κ3) is 11.5. The number of nitrogens with one attached hydrogen (secondary N) is 1. The van der Waals surface area contributed by atoms with Crippen molar-refractivity contribution in [3.63, 3.8) is 0 Å². The monoisotopic (exact) mass is 780 g/mol. The lowest BCUT2D eigenvalue weighted by Crippen LogP contribution is -2.60. The van der Waals surface area contributed by atoms with Crippen molar-refractivity contribution in [3.8, 4) is 0 Å². The Hall–Kier alpha value is -3.18. The Morgan fingerprint density at radius 2 is 1.65 bits per heavy atom. The second kappa shape index (κ2) is 19.8. The Morgan fingerprint density at radius 3 is 2.24 bits per heavy atom. The fourth-order valence-electron chi connectivity index (χ4n) is 7.89. The second-order valence-corrected chi connectivity index (χ2v) is 16.0. The van der Waals surface area contributed by atoms with Crippen LogP contribution in [0.3, 0.4) is 0 Å². The fraction of sp³-hybridized carbons (Fsp3) is 0.750. The van der Waals surface area contributed by atoms with Crippen molar-refractivity contribution in [1.82, 2.24) is 10.2 Å². The molecular formula is C40H64N2O13. The van der Waals surface area contributed by atoms with E-state index >= 15 is 0 Å². The minimum Gasteiger partial charge on any atom is -0.460 e. The first kappa shape index (κ1) is 46.2. The van der Waals surface area contributed by atoms with Crippen molar-refractivity contribution in [2.24, 2.45) is 23.7 Å². The number of carbonyl (C=O) groups excluding carboxylic acids is 4. The van der Waals surface area contributed by atoms with Gasteiger partial charge in [-0.1, -0.05) is 58.0 Å². The minimum absolute atomic E-state index is 0.0253. The lowest BCUT2D eigenvalue weighted by Gasteiger charge is -2.48. The molecule has 14 atom stereocenters. The van der Waals surface area contributed by atoms with E-state index < -0.39 is 96.3 Å². The van der Waals surface area contributed by atoms with E-state index in [4.69, 9.17) is 28.4 Å². The van der Waals surface area contributed by atoms with E-state index in [1.54, 1.807) is 52.0 Å². The Morgan fingerprint density at radius 1 is 1.02 bits per heavy atom. The second-order valence-electron chi connectivity index (χ2n) is 16.0. The lowest BCUT2D eigenvalue weighted by molar-refractivity contribution is -0.301. The molecule has 15 nitrogen and oxygen atoms in total. The number of cyclic esters (lactones) is 1. The number of nitrogens with zero attached hydrogens (tertiary/aromatic N) is 1. The highest BCUT2D eigenvalue weighted by Crippen LogP contribution is 2.40. The summed E-state index contributed by atoms with van der Waals surface area (Å²) in [6, 6.07) is 8.64. The molecule has 3 rings (SSSR count). The number of amides is 1. The number of ether oxygens (including phenoxy) is 6. The molecule has 0 aromatic heterocycles. The summed E-state index contributed by atoms with van der Waals surface area (Å²) < 4.78 is 36.0. The number of carbonyl (C=O) groups is 4. The average Bonchev–Trinajstić information content (AvgIpc) is 3.15. The highest BCUT2D eigenvalue weighted by Gasteiger charge is 2.53. The number of rotatable bonds is 10. The smallest absolute Gasteiger partial charge is 0.407 e. The number of Topliss-reactive ketones (excluding diaryl/α,β-unsaturated/α-hetero) is 1. The molecule has 1 aromatic carbocycles. The molecular weight excluding hydrogens is 716 g/mol. The van der Waals surface area contributed by atoms with Crippen LogP contribution in [-0.4, -0.2) is 132 Å². The topological polar surface area (TPSA) is 200 Å². The summed E-state index contributed by atoms with van der Waals surface area (Å²) in [7, 11) is 5.11. The molecule has 2 saturated heterocycles. The van der Waals surface area contributed by atoms with Gasteiger partial charge in [0.05, 0.1) is 29.8 Å². The Bertz CT molecular complexity index is 1430. The van der Waals surface area contributed by atoms with Crippen LogP contribution in [-0.2, 0) is 49.4 Å². The normalized spacial score (nSPS) is 38.1. The number of esters is 2. The van der Waals surface area contributed by atoms with E-state index in [0.29, 0.717) is 6.42 Å². The van der Waals surface area contributed by atoms with Crippen molar-refractivity contribution in [2.45, 2.75) is 141 Å². The van der Waals surface area contributed by atoms with Crippen LogP contribution in [0.15, 0.2) is 30.3 Å². The molecule has 2 aliphatic heterocycles. The van der Waals surface area contributed by atoms with Crippen molar-refractivity contribution in [3.05, 3.63) is 35.9 Å². The standard InChI is InChI=1S/C40H64N2O13/c1-12-29-40(8,49)34(46)24(4)31(44)22(2)19-39(7,50-11)35(55-37-32(45)28(42(9)10)18-23(3)52-37)25(5)33(26(6)36(47)53-29)54-30(43)20-41-38(48)51-21-27-16-14-13-15-17-27/h13-17,22-26,28-29,32-35,37,45-46,49H,12,18-21H2,1-11H3,(H,41,48)/t22-,23-,24+,25+,26-,28+,29-,32?,33+,34-,35-,37?,39+,40-/m1/s1. The number of ketones is 1. The maximum absolute atomic E-state index is 14.0. The molecule has 15 heteroatoms. The number of aliphatic hydroxyl groups excluding tert-OH is 2. The maximum atomic E-state index is 14.0. The molecule has 2 fully saturated rings. The van der Waals surface area contributed by atoms with Gasteiger partial charge >= 0.3 is 18.0 Å². The maximum Gasteiger partial charge on any atom is 0.407 e. The number of benzene rings is 1. The van der Waals surface area contributed by atoms with Gasteiger partial charge in [-0.3, -0.25) is 14.4 Å². The molecule has 1 aromatic rings. The minimum atomic E-state index is -2.03. The highest BCUT2D eigenvalue weighted by molar-refractivity contribution is 5.83. The van der Waals surface area contributed by atoms with Crippen LogP contribution in [0.4, 0.5) is 4.79 Å². The summed E-state index contributed by atoms with van der Waals surface area (Å²) in [6.45, 7) is 12.3. The van der Waals surface area contributed by atoms with E-state index in [-0.39, 0.29) is 37.4 Å². The zero-order valence-corrected chi connectivity index (χ0v) is 34.2. The van der Waals surface area contributed by atoms with E-state index in [0.717, 1.165) is 5.56 Å². The van der Waals surface area contributed by atoms with Gasteiger partial charge in [0.15, 0.2) is 6.29 Å². The van der Waals surface area contributed by atoms with Crippen LogP contribution in [0.2, 0.25) is 0 Å². The van der Waals surface area contributed by atoms with Gasteiger partial charge in [-0.2, -0.15) is 0 Å². The zero-order valence-electron chi connectivity index (χ0n) is 34.2. The molecule has 1 amide bonds. The predicted molar refractivity (Wildman–Crippen MR) is 200 cm³/mol. The first-order valence-corrected chi connectivity index (χ1v) is 19.2. The molecule has 0 radical (unpaired) electrons. The third-order valence-corrected chi connectivity index (χ3v) is 11.3. The number of aliphatic hydroxyl groups is 3. The van der Waals surface area contributed by atoms with Crippen LogP contribution in [0.1, 0.15) is 80.2 Å². The number of hydrogen-bond acceptors (Lipinski definition) is 14. The molecule has 55 heavy (non-hydrogen) atoms. The number of likely N-dealkylation sites (N-methyl/N-ethyl adjacent to an activating group) is 1. The van der Waals surface area contributed by atoms with Gasteiger partial charge in [0.1, 0.15) is 42.8 Å². The van der Waals surface area contributed by atoms with Gasteiger partial charge in [-0.25, -0.2) is 4.79 Å². The average molecular weight is 781 g/mol. The molecule has 2 aliphatic rings. The van der Waals surface area contributed by atoms with Gasteiger partial charge in [-0.05, 0) is 66.6 Å². The first-order chi connectivity index (χ1) is 25.7. The molecule has 4 N–H and O–H groups in total. The summed E-state index contributed by atoms with van der Waals surface area (Å²) in [5.74, 6) is -6.10. The van der Waals surface area contributed by atoms with E-state index in [1.807, 2.05) is 32.0 Å². The van der Waals surface area contributed by atoms with Gasteiger partial charge in [0, 0.05) is 30.9 Å². The fourth-order valence-corrected chi connectivity index (χ4v) is 7.89. The van der Waals surface area contributed by atoms with Crippen molar-refractivity contribution in [2.75, 3.05) is 27.7 Å². The van der Waals surface area contributed by atoms with Crippen LogP contribution in [0.25, 0.3) is 0 Å². The lowest BCUT2D eigenvalue weighted by atomic mass is 9.74. The molecule has 0 aliphatic carbocycles. The zero-order chi connectivity index (χ0) is 41.4. The summed E-state index contributed by atoms with van der Waals surface area (Å²) in [4.78, 5) is 55.8. The van der Waals surface area contributed by atoms with Crippen LogP contribution < -0.4 is 5.32 Å². The number of alkyl carbamates (subject to hydrolysis) is 1. The number of hydrogen-bond donors (Lipinski definition) is 4. The van der Waals surface area contributed by atoms with E-state index in [1.165, 1.54) is 27.9 Å². The molecule has 0 spiro atoms. The largest absolute Gasteiger partial charge is 0.460 e. The van der Waals surface area contributed by atoms with Crippen LogP contribution >= 0.6 is 0 Å². The summed E-state index contributed by atoms with van der Waals surface area (Å²) in [5.41, 5.74) is -2.65. The van der Waals surface area contributed by atoms with Crippen LogP contribution in [0.5, 0.6) is 0 Å². The van der Waals surface area contributed by atoms with E-state index in [9.17, 15) is 34.5 Å². The first-order valence-electron chi connectivity index (χ1n) is 19.2. The van der Waals surface area contributed by atoms with Crippen molar-refractivity contribution >= 4 is 23.8 Å². The Kier molecular flexibility index (Phi) is 16.6. The molecule has 0 saturated carbocycles. The Labute approximate surface area is 325 Å². The molecule has 0 bridgehead atoms. The van der Waals surface area contributed by atoms with Crippen molar-refractivity contribution < 1.29 is 62.9 Å². The van der Waals surface area contributed by atoms with Crippen LogP contribution in [0, 0.1) is 23.7 Å². The summed E-state index contributed by atoms with van der Waals surface area (Å²) in [5, 5.41) is 36.8. The van der Waals surface area contributed by atoms with E-state index in [2.05, 4.69) is 5.32 Å². The Balaban J connectivity index is 2.07.